The highest BCUT2D eigenvalue weighted by atomic mass is 32.2. The summed E-state index contributed by atoms with van der Waals surface area (Å²) in [5.41, 5.74) is 0.736. The molecule has 0 unspecified atom stereocenters. The molecule has 0 bridgehead atoms. The van der Waals surface area contributed by atoms with Gasteiger partial charge in [0.25, 0.3) is 0 Å². The molecule has 0 radical (unpaired) electrons. The van der Waals surface area contributed by atoms with Crippen molar-refractivity contribution in [1.82, 2.24) is 9.97 Å². The van der Waals surface area contributed by atoms with E-state index in [0.29, 0.717) is 5.03 Å². The van der Waals surface area contributed by atoms with Gasteiger partial charge in [-0.05, 0) is 18.2 Å². The van der Waals surface area contributed by atoms with Crippen molar-refractivity contribution >= 4 is 34.3 Å². The van der Waals surface area contributed by atoms with Gasteiger partial charge >= 0.3 is 0 Å². The molecule has 4 nitrogen and oxygen atoms in total. The fraction of sp³-hybridized carbons (Fsp3) is 0.0625. The molecule has 1 heterocycles. The van der Waals surface area contributed by atoms with E-state index in [1.807, 2.05) is 24.3 Å². The number of nitrogens with one attached hydrogen (secondary N) is 1. The first-order valence-corrected chi connectivity index (χ1v) is 7.69. The smallest absolute Gasteiger partial charge is 0.234 e. The molecule has 23 heavy (non-hydrogen) atoms. The topological polar surface area (TPSA) is 54.9 Å². The highest BCUT2D eigenvalue weighted by Crippen LogP contribution is 2.24. The summed E-state index contributed by atoms with van der Waals surface area (Å²) in [6.07, 6.45) is 1.43. The van der Waals surface area contributed by atoms with Crippen LogP contribution in [-0.4, -0.2) is 21.6 Å². The Balaban J connectivity index is 1.69. The number of thioether (sulfide) groups is 1. The normalized spacial score (nSPS) is 10.7. The summed E-state index contributed by atoms with van der Waals surface area (Å²) in [6.45, 7) is 0. The quantitative estimate of drug-likeness (QED) is 0.586. The van der Waals surface area contributed by atoms with Crippen molar-refractivity contribution in [3.8, 4) is 0 Å². The van der Waals surface area contributed by atoms with Crippen LogP contribution in [-0.2, 0) is 4.79 Å². The number of carbonyl (C=O) groups is 1. The van der Waals surface area contributed by atoms with Crippen molar-refractivity contribution in [3.05, 3.63) is 60.4 Å². The second-order valence-electron chi connectivity index (χ2n) is 4.66. The molecule has 0 fully saturated rings. The van der Waals surface area contributed by atoms with Crippen LogP contribution in [0.3, 0.4) is 0 Å². The molecule has 0 aliphatic rings. The van der Waals surface area contributed by atoms with Gasteiger partial charge in [-0.2, -0.15) is 0 Å². The minimum Gasteiger partial charge on any atom is -0.323 e. The van der Waals surface area contributed by atoms with E-state index in [9.17, 15) is 13.6 Å². The Kier molecular flexibility index (Phi) is 4.47. The number of hydrogen-bond donors (Lipinski definition) is 1. The van der Waals surface area contributed by atoms with Crippen LogP contribution >= 0.6 is 11.8 Å². The molecule has 0 spiro atoms. The van der Waals surface area contributed by atoms with Gasteiger partial charge in [0.05, 0.1) is 17.0 Å². The molecule has 1 amide bonds. The Labute approximate surface area is 135 Å². The predicted molar refractivity (Wildman–Crippen MR) is 85.2 cm³/mol. The molecule has 3 rings (SSSR count). The number of benzene rings is 2. The molecular weight excluding hydrogens is 320 g/mol. The van der Waals surface area contributed by atoms with E-state index < -0.39 is 17.5 Å². The number of halogens is 2. The Morgan fingerprint density at radius 3 is 2.78 bits per heavy atom. The van der Waals surface area contributed by atoms with E-state index in [-0.39, 0.29) is 11.4 Å². The first kappa shape index (κ1) is 15.4. The van der Waals surface area contributed by atoms with Crippen molar-refractivity contribution < 1.29 is 13.6 Å². The molecule has 116 valence electrons. The van der Waals surface area contributed by atoms with Gasteiger partial charge in [0.1, 0.15) is 23.0 Å². The van der Waals surface area contributed by atoms with E-state index in [0.717, 1.165) is 23.0 Å². The number of fused-ring (bicyclic) bond motifs is 1. The number of anilines is 1. The largest absolute Gasteiger partial charge is 0.323 e. The maximum absolute atomic E-state index is 13.5. The summed E-state index contributed by atoms with van der Waals surface area (Å²) in [5.74, 6) is -1.85. The Bertz CT molecular complexity index is 868. The summed E-state index contributed by atoms with van der Waals surface area (Å²) in [7, 11) is 0. The fourth-order valence-electron chi connectivity index (χ4n) is 2.01. The number of amides is 1. The Morgan fingerprint density at radius 1 is 1.13 bits per heavy atom. The number of carbonyl (C=O) groups excluding carboxylic acids is 1. The van der Waals surface area contributed by atoms with Crippen LogP contribution in [0.5, 0.6) is 0 Å². The molecule has 0 aliphatic carbocycles. The third-order valence-corrected chi connectivity index (χ3v) is 4.06. The van der Waals surface area contributed by atoms with Crippen LogP contribution in [0.2, 0.25) is 0 Å². The fourth-order valence-corrected chi connectivity index (χ4v) is 2.80. The molecule has 2 aromatic carbocycles. The maximum atomic E-state index is 13.5. The van der Waals surface area contributed by atoms with Gasteiger partial charge in [-0.1, -0.05) is 30.0 Å². The number of nitrogens with zero attached hydrogens (tertiary/aromatic N) is 2. The van der Waals surface area contributed by atoms with E-state index >= 15 is 0 Å². The zero-order valence-electron chi connectivity index (χ0n) is 11.8. The van der Waals surface area contributed by atoms with Crippen molar-refractivity contribution in [2.75, 3.05) is 11.1 Å². The number of hydrogen-bond acceptors (Lipinski definition) is 4. The van der Waals surface area contributed by atoms with Crippen molar-refractivity contribution in [2.45, 2.75) is 5.03 Å². The lowest BCUT2D eigenvalue weighted by Gasteiger charge is -2.07. The molecule has 0 aliphatic heterocycles. The van der Waals surface area contributed by atoms with E-state index in [2.05, 4.69) is 15.3 Å². The number of para-hydroxylation sites is 1. The number of aromatic nitrogens is 2. The molecule has 3 aromatic rings. The van der Waals surface area contributed by atoms with Gasteiger partial charge in [0, 0.05) is 11.5 Å². The molecular formula is C16H11F2N3OS. The van der Waals surface area contributed by atoms with Crippen LogP contribution in [0.1, 0.15) is 0 Å². The first-order valence-electron chi connectivity index (χ1n) is 6.71. The lowest BCUT2D eigenvalue weighted by atomic mass is 10.2. The van der Waals surface area contributed by atoms with E-state index in [1.54, 1.807) is 0 Å². The first-order chi connectivity index (χ1) is 11.1. The molecule has 0 saturated carbocycles. The second kappa shape index (κ2) is 6.70. The van der Waals surface area contributed by atoms with E-state index in [4.69, 9.17) is 0 Å². The summed E-state index contributed by atoms with van der Waals surface area (Å²) in [6, 6.07) is 10.5. The molecule has 1 aromatic heterocycles. The van der Waals surface area contributed by atoms with Crippen LogP contribution in [0, 0.1) is 11.6 Å². The Morgan fingerprint density at radius 2 is 1.96 bits per heavy atom. The van der Waals surface area contributed by atoms with Crippen molar-refractivity contribution in [1.29, 1.82) is 0 Å². The second-order valence-corrected chi connectivity index (χ2v) is 5.62. The number of rotatable bonds is 4. The third-order valence-electron chi connectivity index (χ3n) is 3.05. The summed E-state index contributed by atoms with van der Waals surface area (Å²) < 4.78 is 26.3. The zero-order chi connectivity index (χ0) is 16.2. The predicted octanol–water partition coefficient (Wildman–Crippen LogP) is 3.64. The van der Waals surface area contributed by atoms with Crippen LogP contribution in [0.15, 0.2) is 53.8 Å². The van der Waals surface area contributed by atoms with Crippen LogP contribution in [0.4, 0.5) is 14.5 Å². The summed E-state index contributed by atoms with van der Waals surface area (Å²) in [5, 5.41) is 3.93. The summed E-state index contributed by atoms with van der Waals surface area (Å²) in [4.78, 5) is 20.2. The lowest BCUT2D eigenvalue weighted by Crippen LogP contribution is -2.15. The molecule has 0 atom stereocenters. The minimum absolute atomic E-state index is 0.0513. The third kappa shape index (κ3) is 3.62. The minimum atomic E-state index is -0.809. The monoisotopic (exact) mass is 331 g/mol. The molecule has 7 heteroatoms. The van der Waals surface area contributed by atoms with Crippen LogP contribution < -0.4 is 5.32 Å². The van der Waals surface area contributed by atoms with Crippen LogP contribution in [0.25, 0.3) is 10.9 Å². The van der Waals surface area contributed by atoms with Gasteiger partial charge < -0.3 is 5.32 Å². The standard InChI is InChI=1S/C16H11F2N3OS/c17-10-5-6-14(12(18)7-10)21-15(22)8-23-16-11-3-1-2-4-13(11)19-9-20-16/h1-7,9H,8H2,(H,21,22). The highest BCUT2D eigenvalue weighted by Gasteiger charge is 2.10. The van der Waals surface area contributed by atoms with Gasteiger partial charge in [-0.15, -0.1) is 0 Å². The highest BCUT2D eigenvalue weighted by molar-refractivity contribution is 8.00. The summed E-state index contributed by atoms with van der Waals surface area (Å²) >= 11 is 1.23. The van der Waals surface area contributed by atoms with Gasteiger partial charge in [0.15, 0.2) is 0 Å². The van der Waals surface area contributed by atoms with Gasteiger partial charge in [0.2, 0.25) is 5.91 Å². The van der Waals surface area contributed by atoms with Crippen molar-refractivity contribution in [3.63, 3.8) is 0 Å². The lowest BCUT2D eigenvalue weighted by molar-refractivity contribution is -0.113. The molecule has 0 saturated heterocycles. The average molecular weight is 331 g/mol. The van der Waals surface area contributed by atoms with Crippen molar-refractivity contribution in [2.24, 2.45) is 0 Å². The van der Waals surface area contributed by atoms with Gasteiger partial charge in [-0.25, -0.2) is 18.7 Å². The zero-order valence-corrected chi connectivity index (χ0v) is 12.6. The molecule has 1 N–H and O–H groups in total. The van der Waals surface area contributed by atoms with Gasteiger partial charge in [-0.3, -0.25) is 4.79 Å². The SMILES string of the molecule is O=C(CSc1ncnc2ccccc12)Nc1ccc(F)cc1F. The Hall–Kier alpha value is -2.54. The average Bonchev–Trinajstić information content (AvgIpc) is 2.55. The maximum Gasteiger partial charge on any atom is 0.234 e. The van der Waals surface area contributed by atoms with E-state index in [1.165, 1.54) is 24.2 Å².